The number of hydrazine groups is 1. The van der Waals surface area contributed by atoms with E-state index in [1.54, 1.807) is 17.4 Å². The van der Waals surface area contributed by atoms with E-state index in [0.717, 1.165) is 69.0 Å². The molecule has 0 aliphatic carbocycles. The molecule has 2 N–H and O–H groups in total. The minimum Gasteiger partial charge on any atom is -0.492 e. The van der Waals surface area contributed by atoms with Crippen molar-refractivity contribution in [3.63, 3.8) is 0 Å². The SMILES string of the molecule is CCOc1cc(CN2CCC(C3CC(N(N)c4nc5ncccc5o4)CCN3c3nc4ncccc4o3)CC2)cc(OCC)c1-n1cccc1. The second-order valence-electron chi connectivity index (χ2n) is 13.0. The molecule has 2 atom stereocenters. The maximum atomic E-state index is 6.74. The van der Waals surface area contributed by atoms with Gasteiger partial charge < -0.3 is 27.8 Å². The van der Waals surface area contributed by atoms with Gasteiger partial charge in [0.25, 0.3) is 6.01 Å². The zero-order valence-corrected chi connectivity index (χ0v) is 28.5. The number of ether oxygens (including phenoxy) is 2. The van der Waals surface area contributed by atoms with Crippen LogP contribution in [0.4, 0.5) is 12.0 Å². The number of hydrogen-bond donors (Lipinski definition) is 1. The number of oxazole rings is 2. The summed E-state index contributed by atoms with van der Waals surface area (Å²) >= 11 is 0. The number of nitrogens with zero attached hydrogens (tertiary/aromatic N) is 8. The minimum atomic E-state index is 0.0256. The highest BCUT2D eigenvalue weighted by atomic mass is 16.5. The number of likely N-dealkylation sites (tertiary alicyclic amines) is 1. The second-order valence-corrected chi connectivity index (χ2v) is 13.0. The van der Waals surface area contributed by atoms with Gasteiger partial charge in [0.2, 0.25) is 11.3 Å². The summed E-state index contributed by atoms with van der Waals surface area (Å²) in [6, 6.07) is 17.0. The van der Waals surface area contributed by atoms with Crippen LogP contribution in [0.5, 0.6) is 11.5 Å². The van der Waals surface area contributed by atoms with Gasteiger partial charge in [-0.25, -0.2) is 15.8 Å². The van der Waals surface area contributed by atoms with Crippen molar-refractivity contribution < 1.29 is 18.3 Å². The Labute approximate surface area is 290 Å². The number of nitrogens with two attached hydrogens (primary N) is 1. The number of piperidine rings is 2. The van der Waals surface area contributed by atoms with Crippen LogP contribution in [-0.4, -0.2) is 74.3 Å². The van der Waals surface area contributed by atoms with Crippen molar-refractivity contribution in [1.29, 1.82) is 0 Å². The number of hydrogen-bond acceptors (Lipinski definition) is 12. The zero-order valence-electron chi connectivity index (χ0n) is 28.5. The van der Waals surface area contributed by atoms with Crippen LogP contribution in [0.15, 0.2) is 82.2 Å². The highest BCUT2D eigenvalue weighted by Gasteiger charge is 2.40. The quantitative estimate of drug-likeness (QED) is 0.128. The van der Waals surface area contributed by atoms with Crippen LogP contribution in [-0.2, 0) is 6.54 Å². The molecular formula is C37H43N9O4. The molecule has 2 aliphatic rings. The largest absolute Gasteiger partial charge is 0.492 e. The lowest BCUT2D eigenvalue weighted by molar-refractivity contribution is 0.146. The first kappa shape index (κ1) is 32.1. The molecule has 260 valence electrons. The average molecular weight is 678 g/mol. The van der Waals surface area contributed by atoms with Gasteiger partial charge in [-0.2, -0.15) is 9.97 Å². The number of pyridine rings is 2. The fraction of sp³-hybridized carbons (Fsp3) is 0.405. The summed E-state index contributed by atoms with van der Waals surface area (Å²) in [5.74, 6) is 8.81. The summed E-state index contributed by atoms with van der Waals surface area (Å²) in [6.07, 6.45) is 11.2. The maximum absolute atomic E-state index is 6.74. The van der Waals surface area contributed by atoms with E-state index in [0.29, 0.717) is 53.6 Å². The Hall–Kier alpha value is -5.14. The smallest absolute Gasteiger partial charge is 0.314 e. The Balaban J connectivity index is 1.01. The third kappa shape index (κ3) is 6.34. The Kier molecular flexibility index (Phi) is 8.98. The van der Waals surface area contributed by atoms with Gasteiger partial charge in [-0.15, -0.1) is 0 Å². The number of rotatable bonds is 11. The van der Waals surface area contributed by atoms with Crippen molar-refractivity contribution in [1.82, 2.24) is 29.4 Å². The summed E-state index contributed by atoms with van der Waals surface area (Å²) < 4.78 is 26.7. The van der Waals surface area contributed by atoms with Crippen molar-refractivity contribution in [3.8, 4) is 17.2 Å². The van der Waals surface area contributed by atoms with Gasteiger partial charge in [0.05, 0.1) is 19.3 Å². The van der Waals surface area contributed by atoms with Crippen LogP contribution in [0.25, 0.3) is 28.1 Å². The lowest BCUT2D eigenvalue weighted by Crippen LogP contribution is -2.56. The summed E-state index contributed by atoms with van der Waals surface area (Å²) in [4.78, 5) is 23.0. The predicted molar refractivity (Wildman–Crippen MR) is 191 cm³/mol. The van der Waals surface area contributed by atoms with E-state index in [4.69, 9.17) is 29.1 Å². The third-order valence-electron chi connectivity index (χ3n) is 9.93. The molecule has 13 nitrogen and oxygen atoms in total. The fourth-order valence-corrected chi connectivity index (χ4v) is 7.57. The first-order chi connectivity index (χ1) is 24.6. The van der Waals surface area contributed by atoms with Gasteiger partial charge in [-0.1, -0.05) is 0 Å². The Bertz CT molecular complexity index is 1940. The minimum absolute atomic E-state index is 0.0256. The Morgan fingerprint density at radius 2 is 1.50 bits per heavy atom. The summed E-state index contributed by atoms with van der Waals surface area (Å²) in [7, 11) is 0. The third-order valence-corrected chi connectivity index (χ3v) is 9.93. The summed E-state index contributed by atoms with van der Waals surface area (Å²) in [5, 5.41) is 1.69. The average Bonchev–Trinajstić information content (AvgIpc) is 3.92. The Morgan fingerprint density at radius 1 is 0.840 bits per heavy atom. The van der Waals surface area contributed by atoms with E-state index >= 15 is 0 Å². The number of fused-ring (bicyclic) bond motifs is 2. The lowest BCUT2D eigenvalue weighted by atomic mass is 9.82. The molecule has 7 heterocycles. The highest BCUT2D eigenvalue weighted by molar-refractivity contribution is 5.70. The molecule has 2 saturated heterocycles. The maximum Gasteiger partial charge on any atom is 0.314 e. The van der Waals surface area contributed by atoms with E-state index in [1.807, 2.05) is 62.6 Å². The fourth-order valence-electron chi connectivity index (χ4n) is 7.57. The van der Waals surface area contributed by atoms with E-state index in [9.17, 15) is 0 Å². The van der Waals surface area contributed by atoms with Crippen LogP contribution >= 0.6 is 0 Å². The standard InChI is InChI=1S/C37H43N9O4/c1-3-47-31-21-25(22-32(48-4-2)33(31)44-16-5-6-17-44)24-43-18-11-26(12-19-43)28-23-27(46(38)37-42-35-30(50-37)10-8-15-40-35)13-20-45(28)36-41-34-29(49-36)9-7-14-39-34/h5-10,14-17,21-22,26-28H,3-4,11-13,18-20,23-24,38H2,1-2H3. The normalized spacial score (nSPS) is 19.0. The van der Waals surface area contributed by atoms with Crippen molar-refractivity contribution >= 4 is 34.5 Å². The van der Waals surface area contributed by atoms with E-state index in [1.165, 1.54) is 5.56 Å². The van der Waals surface area contributed by atoms with Crippen LogP contribution < -0.4 is 25.2 Å². The molecule has 8 rings (SSSR count). The first-order valence-electron chi connectivity index (χ1n) is 17.6. The van der Waals surface area contributed by atoms with E-state index in [2.05, 4.69) is 41.5 Å². The van der Waals surface area contributed by atoms with Gasteiger partial charge in [-0.3, -0.25) is 9.91 Å². The van der Waals surface area contributed by atoms with Crippen LogP contribution in [0.3, 0.4) is 0 Å². The van der Waals surface area contributed by atoms with Gasteiger partial charge in [0.1, 0.15) is 17.2 Å². The van der Waals surface area contributed by atoms with Gasteiger partial charge >= 0.3 is 6.01 Å². The molecule has 0 radical (unpaired) electrons. The number of anilines is 2. The monoisotopic (exact) mass is 677 g/mol. The number of benzene rings is 1. The van der Waals surface area contributed by atoms with E-state index < -0.39 is 0 Å². The molecule has 2 aliphatic heterocycles. The number of aromatic nitrogens is 5. The molecule has 2 fully saturated rings. The molecule has 0 saturated carbocycles. The second kappa shape index (κ2) is 14.0. The molecule has 13 heteroatoms. The highest BCUT2D eigenvalue weighted by Crippen LogP contribution is 2.38. The topological polar surface area (TPSA) is 137 Å². The van der Waals surface area contributed by atoms with Crippen LogP contribution in [0, 0.1) is 5.92 Å². The van der Waals surface area contributed by atoms with Crippen LogP contribution in [0.2, 0.25) is 0 Å². The Morgan fingerprint density at radius 3 is 2.14 bits per heavy atom. The molecule has 50 heavy (non-hydrogen) atoms. The molecule has 0 spiro atoms. The van der Waals surface area contributed by atoms with Crippen molar-refractivity contribution in [2.75, 3.05) is 42.8 Å². The van der Waals surface area contributed by atoms with Gasteiger partial charge in [0.15, 0.2) is 11.2 Å². The van der Waals surface area contributed by atoms with Crippen LogP contribution in [0.1, 0.15) is 45.1 Å². The molecule has 0 bridgehead atoms. The van der Waals surface area contributed by atoms with E-state index in [-0.39, 0.29) is 12.1 Å². The molecule has 2 unspecified atom stereocenters. The van der Waals surface area contributed by atoms with Crippen molar-refractivity contribution in [3.05, 3.63) is 78.9 Å². The summed E-state index contributed by atoms with van der Waals surface area (Å²) in [5.41, 5.74) is 4.61. The lowest BCUT2D eigenvalue weighted by Gasteiger charge is -2.46. The first-order valence-corrected chi connectivity index (χ1v) is 17.6. The molecule has 6 aromatic rings. The molecule has 1 aromatic carbocycles. The van der Waals surface area contributed by atoms with Crippen molar-refractivity contribution in [2.45, 2.75) is 58.2 Å². The van der Waals surface area contributed by atoms with Crippen molar-refractivity contribution in [2.24, 2.45) is 11.8 Å². The van der Waals surface area contributed by atoms with Gasteiger partial charge in [-0.05, 0) is 113 Å². The zero-order chi connectivity index (χ0) is 34.0. The predicted octanol–water partition coefficient (Wildman–Crippen LogP) is 5.98. The molecule has 0 amide bonds. The summed E-state index contributed by atoms with van der Waals surface area (Å²) in [6.45, 7) is 8.67. The van der Waals surface area contributed by atoms with Gasteiger partial charge in [0, 0.05) is 43.9 Å². The molecular weight excluding hydrogens is 634 g/mol. The molecule has 5 aromatic heterocycles.